The Morgan fingerprint density at radius 3 is 3.21 bits per heavy atom. The van der Waals surface area contributed by atoms with E-state index in [9.17, 15) is 0 Å². The number of aromatic nitrogens is 4. The van der Waals surface area contributed by atoms with Crippen LogP contribution in [-0.4, -0.2) is 19.6 Å². The third kappa shape index (κ3) is 1.61. The maximum atomic E-state index is 4.68. The minimum absolute atomic E-state index is 0.792. The fourth-order valence-corrected chi connectivity index (χ4v) is 4.28. The standard InChI is InChI=1S/C14H16N4S/c1-3-11-16-13-12-9-5-4-8(2)6-10(9)19-14(12)15-7-18(13)17-11/h7-8H,3-6H2,1-2H3/t8-/m0/s1. The van der Waals surface area contributed by atoms with Crippen LogP contribution < -0.4 is 0 Å². The third-order valence-corrected chi connectivity index (χ3v) is 5.15. The van der Waals surface area contributed by atoms with Gasteiger partial charge in [0, 0.05) is 11.3 Å². The minimum Gasteiger partial charge on any atom is -0.225 e. The summed E-state index contributed by atoms with van der Waals surface area (Å²) in [6.07, 6.45) is 6.29. The second kappa shape index (κ2) is 4.00. The molecule has 0 saturated carbocycles. The topological polar surface area (TPSA) is 43.1 Å². The van der Waals surface area contributed by atoms with Gasteiger partial charge in [-0.2, -0.15) is 0 Å². The molecule has 3 heterocycles. The molecule has 0 saturated heterocycles. The molecule has 0 unspecified atom stereocenters. The average molecular weight is 272 g/mol. The number of nitrogens with zero attached hydrogens (tertiary/aromatic N) is 4. The summed E-state index contributed by atoms with van der Waals surface area (Å²) < 4.78 is 1.84. The van der Waals surface area contributed by atoms with Gasteiger partial charge in [-0.15, -0.1) is 16.4 Å². The van der Waals surface area contributed by atoms with Gasteiger partial charge < -0.3 is 0 Å². The molecule has 98 valence electrons. The van der Waals surface area contributed by atoms with Crippen LogP contribution in [0.2, 0.25) is 0 Å². The van der Waals surface area contributed by atoms with E-state index in [-0.39, 0.29) is 0 Å². The van der Waals surface area contributed by atoms with Crippen LogP contribution in [0.4, 0.5) is 0 Å². The van der Waals surface area contributed by atoms with E-state index in [1.54, 1.807) is 6.33 Å². The van der Waals surface area contributed by atoms with Crippen molar-refractivity contribution in [3.8, 4) is 0 Å². The third-order valence-electron chi connectivity index (χ3n) is 3.99. The molecular weight excluding hydrogens is 256 g/mol. The van der Waals surface area contributed by atoms with Crippen molar-refractivity contribution in [1.29, 1.82) is 0 Å². The van der Waals surface area contributed by atoms with Gasteiger partial charge >= 0.3 is 0 Å². The smallest absolute Gasteiger partial charge is 0.167 e. The highest BCUT2D eigenvalue weighted by Crippen LogP contribution is 2.38. The van der Waals surface area contributed by atoms with Gasteiger partial charge in [-0.05, 0) is 30.7 Å². The van der Waals surface area contributed by atoms with E-state index in [1.807, 2.05) is 15.9 Å². The summed E-state index contributed by atoms with van der Waals surface area (Å²) in [6.45, 7) is 4.42. The number of fused-ring (bicyclic) bond motifs is 5. The normalized spacial score (nSPS) is 19.2. The van der Waals surface area contributed by atoms with Gasteiger partial charge in [-0.3, -0.25) is 0 Å². The lowest BCUT2D eigenvalue weighted by molar-refractivity contribution is 0.509. The molecule has 3 aromatic heterocycles. The van der Waals surface area contributed by atoms with Crippen LogP contribution in [0.25, 0.3) is 15.9 Å². The highest BCUT2D eigenvalue weighted by Gasteiger charge is 2.23. The SMILES string of the molecule is CCc1nc2c3c4c(sc3ncn2n1)C[C@@H](C)CC4. The van der Waals surface area contributed by atoms with Crippen molar-refractivity contribution in [3.63, 3.8) is 0 Å². The van der Waals surface area contributed by atoms with Crippen LogP contribution in [0.15, 0.2) is 6.33 Å². The van der Waals surface area contributed by atoms with Gasteiger partial charge in [0.15, 0.2) is 11.5 Å². The first-order valence-electron chi connectivity index (χ1n) is 6.90. The summed E-state index contributed by atoms with van der Waals surface area (Å²) in [5.74, 6) is 1.69. The molecule has 4 rings (SSSR count). The molecule has 0 fully saturated rings. The van der Waals surface area contributed by atoms with E-state index < -0.39 is 0 Å². The zero-order valence-corrected chi connectivity index (χ0v) is 12.0. The zero-order valence-electron chi connectivity index (χ0n) is 11.2. The largest absolute Gasteiger partial charge is 0.225 e. The molecule has 0 amide bonds. The first-order valence-corrected chi connectivity index (χ1v) is 7.72. The van der Waals surface area contributed by atoms with Crippen molar-refractivity contribution >= 4 is 27.2 Å². The number of hydrogen-bond acceptors (Lipinski definition) is 4. The van der Waals surface area contributed by atoms with Crippen LogP contribution in [0.3, 0.4) is 0 Å². The van der Waals surface area contributed by atoms with Crippen molar-refractivity contribution in [2.24, 2.45) is 5.92 Å². The Hall–Kier alpha value is -1.49. The van der Waals surface area contributed by atoms with Crippen LogP contribution >= 0.6 is 11.3 Å². The van der Waals surface area contributed by atoms with Gasteiger partial charge in [0.1, 0.15) is 11.2 Å². The van der Waals surface area contributed by atoms with Crippen LogP contribution in [0.5, 0.6) is 0 Å². The Morgan fingerprint density at radius 1 is 1.47 bits per heavy atom. The molecule has 0 bridgehead atoms. The zero-order chi connectivity index (χ0) is 13.0. The lowest BCUT2D eigenvalue weighted by Gasteiger charge is -2.17. The highest BCUT2D eigenvalue weighted by molar-refractivity contribution is 7.19. The molecule has 0 N–H and O–H groups in total. The van der Waals surface area contributed by atoms with Crippen LogP contribution in [0, 0.1) is 5.92 Å². The summed E-state index contributed by atoms with van der Waals surface area (Å²) >= 11 is 1.84. The predicted octanol–water partition coefficient (Wildman–Crippen LogP) is 3.03. The maximum Gasteiger partial charge on any atom is 0.167 e. The fraction of sp³-hybridized carbons (Fsp3) is 0.500. The van der Waals surface area contributed by atoms with Crippen molar-refractivity contribution in [1.82, 2.24) is 19.6 Å². The number of hydrogen-bond donors (Lipinski definition) is 0. The van der Waals surface area contributed by atoms with Gasteiger partial charge in [0.25, 0.3) is 0 Å². The second-order valence-electron chi connectivity index (χ2n) is 5.43. The first-order chi connectivity index (χ1) is 9.26. The second-order valence-corrected chi connectivity index (χ2v) is 6.51. The van der Waals surface area contributed by atoms with Crippen LogP contribution in [0.1, 0.15) is 36.5 Å². The Bertz CT molecular complexity index is 771. The molecule has 1 atom stereocenters. The quantitative estimate of drug-likeness (QED) is 0.684. The minimum atomic E-state index is 0.792. The Balaban J connectivity index is 2.06. The van der Waals surface area contributed by atoms with Gasteiger partial charge in [-0.25, -0.2) is 14.5 Å². The molecule has 3 aromatic rings. The summed E-state index contributed by atoms with van der Waals surface area (Å²) in [5.41, 5.74) is 2.47. The van der Waals surface area contributed by atoms with E-state index in [0.717, 1.165) is 35.1 Å². The lowest BCUT2D eigenvalue weighted by Crippen LogP contribution is -2.08. The van der Waals surface area contributed by atoms with Crippen molar-refractivity contribution < 1.29 is 0 Å². The van der Waals surface area contributed by atoms with Gasteiger partial charge in [-0.1, -0.05) is 13.8 Å². The summed E-state index contributed by atoms with van der Waals surface area (Å²) in [7, 11) is 0. The molecule has 0 aromatic carbocycles. The summed E-state index contributed by atoms with van der Waals surface area (Å²) in [6, 6.07) is 0. The fourth-order valence-electron chi connectivity index (χ4n) is 2.93. The monoisotopic (exact) mass is 272 g/mol. The Kier molecular flexibility index (Phi) is 2.39. The molecule has 0 radical (unpaired) electrons. The average Bonchev–Trinajstić information content (AvgIpc) is 2.97. The molecule has 5 heteroatoms. The molecule has 0 spiro atoms. The summed E-state index contributed by atoms with van der Waals surface area (Å²) in [4.78, 5) is 11.9. The van der Waals surface area contributed by atoms with Crippen LogP contribution in [-0.2, 0) is 19.3 Å². The maximum absolute atomic E-state index is 4.68. The summed E-state index contributed by atoms with van der Waals surface area (Å²) in [5, 5.41) is 5.72. The van der Waals surface area contributed by atoms with E-state index in [1.165, 1.54) is 28.7 Å². The van der Waals surface area contributed by atoms with Crippen molar-refractivity contribution in [3.05, 3.63) is 22.6 Å². The van der Waals surface area contributed by atoms with Crippen molar-refractivity contribution in [2.75, 3.05) is 0 Å². The lowest BCUT2D eigenvalue weighted by atomic mass is 9.89. The molecule has 0 aliphatic heterocycles. The number of aryl methyl sites for hydroxylation is 2. The van der Waals surface area contributed by atoms with Crippen molar-refractivity contribution in [2.45, 2.75) is 39.5 Å². The highest BCUT2D eigenvalue weighted by atomic mass is 32.1. The van der Waals surface area contributed by atoms with Gasteiger partial charge in [0.2, 0.25) is 0 Å². The Labute approximate surface area is 115 Å². The molecule has 19 heavy (non-hydrogen) atoms. The van der Waals surface area contributed by atoms with E-state index in [0.29, 0.717) is 0 Å². The molecule has 4 nitrogen and oxygen atoms in total. The Morgan fingerprint density at radius 2 is 2.37 bits per heavy atom. The predicted molar refractivity (Wildman–Crippen MR) is 76.7 cm³/mol. The molecular formula is C14H16N4S. The molecule has 1 aliphatic carbocycles. The van der Waals surface area contributed by atoms with E-state index in [4.69, 9.17) is 0 Å². The molecule has 1 aliphatic rings. The number of thiophene rings is 1. The first kappa shape index (κ1) is 11.3. The number of rotatable bonds is 1. The van der Waals surface area contributed by atoms with Gasteiger partial charge in [0.05, 0.1) is 5.39 Å². The van der Waals surface area contributed by atoms with E-state index >= 15 is 0 Å². The van der Waals surface area contributed by atoms with E-state index in [2.05, 4.69) is 28.9 Å².